The Hall–Kier alpha value is -1.50. The van der Waals surface area contributed by atoms with Crippen molar-refractivity contribution >= 4 is 63.7 Å². The second-order valence-electron chi connectivity index (χ2n) is 9.03. The first-order chi connectivity index (χ1) is 15.7. The Labute approximate surface area is 209 Å². The SMILES string of the molecule is C[Si](C)(C)CCOCn1ccc2nc(NC(=O)NC3CCN(S(=O)(=O)C(F)(F)F)C3I)cnc21. The molecule has 2 amide bonds. The third kappa shape index (κ3) is 6.38. The van der Waals surface area contributed by atoms with Gasteiger partial charge in [0, 0.05) is 27.4 Å². The maximum atomic E-state index is 12.8. The second kappa shape index (κ2) is 10.2. The fourth-order valence-corrected chi connectivity index (χ4v) is 6.74. The lowest BCUT2D eigenvalue weighted by Gasteiger charge is -2.24. The maximum absolute atomic E-state index is 12.8. The Morgan fingerprint density at radius 3 is 2.71 bits per heavy atom. The smallest absolute Gasteiger partial charge is 0.361 e. The summed E-state index contributed by atoms with van der Waals surface area (Å²) < 4.78 is 68.7. The Morgan fingerprint density at radius 2 is 2.06 bits per heavy atom. The first-order valence-electron chi connectivity index (χ1n) is 10.4. The van der Waals surface area contributed by atoms with E-state index in [-0.39, 0.29) is 18.8 Å². The standard InChI is InChI=1S/C18H26F3IN6O4SSi/c1-34(2,3)9-8-32-11-27-6-4-13-16(27)23-10-14(24-13)26-17(29)25-12-5-7-28(15(12)22)33(30,31)18(19,20)21/h4,6,10,12,15H,5,7-9,11H2,1-3H3,(H2,24,25,26,29). The number of alkyl halides is 4. The molecule has 0 saturated carbocycles. The van der Waals surface area contributed by atoms with Crippen LogP contribution in [-0.2, 0) is 21.5 Å². The summed E-state index contributed by atoms with van der Waals surface area (Å²) in [6.07, 6.45) is 3.18. The zero-order valence-corrected chi connectivity index (χ0v) is 22.7. The van der Waals surface area contributed by atoms with E-state index in [4.69, 9.17) is 4.74 Å². The molecule has 2 aromatic rings. The summed E-state index contributed by atoms with van der Waals surface area (Å²) in [5.41, 5.74) is -4.29. The molecule has 2 N–H and O–H groups in total. The van der Waals surface area contributed by atoms with Crippen LogP contribution in [0.4, 0.5) is 23.8 Å². The first-order valence-corrected chi connectivity index (χ1v) is 16.8. The van der Waals surface area contributed by atoms with Gasteiger partial charge < -0.3 is 14.6 Å². The number of aromatic nitrogens is 3. The van der Waals surface area contributed by atoms with E-state index >= 15 is 0 Å². The number of ether oxygens (including phenoxy) is 1. The summed E-state index contributed by atoms with van der Waals surface area (Å²) in [6, 6.07) is 1.25. The Kier molecular flexibility index (Phi) is 8.16. The van der Waals surface area contributed by atoms with Crippen molar-refractivity contribution < 1.29 is 31.1 Å². The van der Waals surface area contributed by atoms with Gasteiger partial charge in [0.1, 0.15) is 12.2 Å². The van der Waals surface area contributed by atoms with Gasteiger partial charge >= 0.3 is 21.6 Å². The van der Waals surface area contributed by atoms with E-state index in [2.05, 4.69) is 40.2 Å². The van der Waals surface area contributed by atoms with Crippen molar-refractivity contribution in [3.8, 4) is 0 Å². The van der Waals surface area contributed by atoms with Gasteiger partial charge in [-0.15, -0.1) is 0 Å². The highest BCUT2D eigenvalue weighted by atomic mass is 127. The van der Waals surface area contributed by atoms with Crippen molar-refractivity contribution in [3.63, 3.8) is 0 Å². The van der Waals surface area contributed by atoms with Crippen LogP contribution in [0.3, 0.4) is 0 Å². The van der Waals surface area contributed by atoms with Gasteiger partial charge in [-0.1, -0.05) is 42.2 Å². The number of urea groups is 1. The molecule has 3 rings (SSSR count). The van der Waals surface area contributed by atoms with Crippen LogP contribution in [0.15, 0.2) is 18.5 Å². The zero-order chi connectivity index (χ0) is 25.3. The number of rotatable bonds is 8. The summed E-state index contributed by atoms with van der Waals surface area (Å²) >= 11 is 1.58. The fourth-order valence-electron chi connectivity index (χ4n) is 3.24. The van der Waals surface area contributed by atoms with Crippen molar-refractivity contribution in [2.24, 2.45) is 0 Å². The number of carbonyl (C=O) groups is 1. The van der Waals surface area contributed by atoms with E-state index in [9.17, 15) is 26.4 Å². The molecule has 0 radical (unpaired) electrons. The molecule has 2 atom stereocenters. The van der Waals surface area contributed by atoms with E-state index < -0.39 is 39.7 Å². The lowest BCUT2D eigenvalue weighted by molar-refractivity contribution is -0.0485. The third-order valence-electron chi connectivity index (χ3n) is 5.12. The number of sulfonamides is 1. The molecular formula is C18H26F3IN6O4SSi. The van der Waals surface area contributed by atoms with Gasteiger partial charge in [0.25, 0.3) is 0 Å². The number of fused-ring (bicyclic) bond motifs is 1. The fraction of sp³-hybridized carbons (Fsp3) is 0.611. The predicted octanol–water partition coefficient (Wildman–Crippen LogP) is 3.55. The molecule has 0 spiro atoms. The van der Waals surface area contributed by atoms with Crippen LogP contribution in [0.5, 0.6) is 0 Å². The summed E-state index contributed by atoms with van der Waals surface area (Å²) in [5.74, 6) is 0.144. The van der Waals surface area contributed by atoms with Crippen LogP contribution in [0, 0.1) is 0 Å². The van der Waals surface area contributed by atoms with Gasteiger partial charge in [-0.3, -0.25) is 5.32 Å². The van der Waals surface area contributed by atoms with Crippen LogP contribution in [-0.4, -0.2) is 70.1 Å². The van der Waals surface area contributed by atoms with E-state index in [0.717, 1.165) is 6.04 Å². The molecular weight excluding hydrogens is 608 g/mol. The molecule has 0 aromatic carbocycles. The number of nitrogens with one attached hydrogen (secondary N) is 2. The minimum absolute atomic E-state index is 0.0433. The average molecular weight is 634 g/mol. The van der Waals surface area contributed by atoms with Gasteiger partial charge in [-0.25, -0.2) is 23.2 Å². The van der Waals surface area contributed by atoms with E-state index in [1.54, 1.807) is 39.4 Å². The number of anilines is 1. The number of amides is 2. The van der Waals surface area contributed by atoms with Gasteiger partial charge in [-0.2, -0.15) is 17.5 Å². The predicted molar refractivity (Wildman–Crippen MR) is 132 cm³/mol. The Balaban J connectivity index is 1.57. The van der Waals surface area contributed by atoms with Crippen LogP contribution in [0.25, 0.3) is 11.2 Å². The minimum atomic E-state index is -5.47. The van der Waals surface area contributed by atoms with E-state index in [1.807, 2.05) is 0 Å². The summed E-state index contributed by atoms with van der Waals surface area (Å²) in [6.45, 7) is 7.44. The zero-order valence-electron chi connectivity index (χ0n) is 18.8. The molecule has 1 aliphatic rings. The number of hydrogen-bond acceptors (Lipinski definition) is 6. The van der Waals surface area contributed by atoms with Crippen LogP contribution < -0.4 is 10.6 Å². The van der Waals surface area contributed by atoms with Crippen LogP contribution in [0.1, 0.15) is 6.42 Å². The molecule has 34 heavy (non-hydrogen) atoms. The maximum Gasteiger partial charge on any atom is 0.511 e. The van der Waals surface area contributed by atoms with Crippen LogP contribution in [0.2, 0.25) is 25.7 Å². The summed E-state index contributed by atoms with van der Waals surface area (Å²) in [4.78, 5) is 21.0. The largest absolute Gasteiger partial charge is 0.511 e. The van der Waals surface area contributed by atoms with Crippen molar-refractivity contribution in [1.29, 1.82) is 0 Å². The first kappa shape index (κ1) is 27.1. The quantitative estimate of drug-likeness (QED) is 0.151. The highest BCUT2D eigenvalue weighted by molar-refractivity contribution is 14.1. The normalized spacial score (nSPS) is 20.1. The molecule has 190 valence electrons. The second-order valence-corrected chi connectivity index (χ2v) is 17.8. The van der Waals surface area contributed by atoms with E-state index in [0.29, 0.717) is 28.8 Å². The van der Waals surface area contributed by atoms with Gasteiger partial charge in [0.2, 0.25) is 0 Å². The highest BCUT2D eigenvalue weighted by Crippen LogP contribution is 2.34. The molecule has 0 bridgehead atoms. The lowest BCUT2D eigenvalue weighted by atomic mass is 10.3. The number of halogens is 4. The number of nitrogens with zero attached hydrogens (tertiary/aromatic N) is 4. The Morgan fingerprint density at radius 1 is 1.35 bits per heavy atom. The average Bonchev–Trinajstić information content (AvgIpc) is 3.27. The van der Waals surface area contributed by atoms with Gasteiger partial charge in [0.05, 0.1) is 16.3 Å². The lowest BCUT2D eigenvalue weighted by Crippen LogP contribution is -2.47. The highest BCUT2D eigenvalue weighted by Gasteiger charge is 2.54. The molecule has 0 aliphatic carbocycles. The van der Waals surface area contributed by atoms with Gasteiger partial charge in [0.15, 0.2) is 11.5 Å². The minimum Gasteiger partial charge on any atom is -0.361 e. The number of hydrogen-bond donors (Lipinski definition) is 2. The van der Waals surface area contributed by atoms with Crippen molar-refractivity contribution in [1.82, 2.24) is 24.2 Å². The topological polar surface area (TPSA) is 118 Å². The molecule has 2 aromatic heterocycles. The molecule has 1 aliphatic heterocycles. The molecule has 3 heterocycles. The van der Waals surface area contributed by atoms with E-state index in [1.165, 1.54) is 6.20 Å². The van der Waals surface area contributed by atoms with Crippen molar-refractivity contribution in [2.75, 3.05) is 18.5 Å². The van der Waals surface area contributed by atoms with Crippen molar-refractivity contribution in [3.05, 3.63) is 18.5 Å². The molecule has 16 heteroatoms. The monoisotopic (exact) mass is 634 g/mol. The molecule has 1 fully saturated rings. The third-order valence-corrected chi connectivity index (χ3v) is 10.4. The molecule has 10 nitrogen and oxygen atoms in total. The molecule has 2 unspecified atom stereocenters. The van der Waals surface area contributed by atoms with Crippen molar-refractivity contribution in [2.45, 2.75) is 54.4 Å². The summed E-state index contributed by atoms with van der Waals surface area (Å²) in [5, 5.41) is 5.00. The Bertz CT molecular complexity index is 1140. The van der Waals surface area contributed by atoms with Crippen LogP contribution >= 0.6 is 22.6 Å². The molecule has 1 saturated heterocycles. The van der Waals surface area contributed by atoms with Gasteiger partial charge in [-0.05, 0) is 18.5 Å². The number of carbonyl (C=O) groups excluding carboxylic acids is 1. The summed E-state index contributed by atoms with van der Waals surface area (Å²) in [7, 11) is -6.66.